The number of ether oxygens (including phenoxy) is 2. The zero-order valence-electron chi connectivity index (χ0n) is 32.5. The van der Waals surface area contributed by atoms with Gasteiger partial charge in [0.1, 0.15) is 45.9 Å². The van der Waals surface area contributed by atoms with Gasteiger partial charge in [-0.15, -0.1) is 0 Å². The lowest BCUT2D eigenvalue weighted by Gasteiger charge is -2.53. The van der Waals surface area contributed by atoms with Gasteiger partial charge in [-0.1, -0.05) is 65.5 Å². The molecule has 0 saturated heterocycles. The van der Waals surface area contributed by atoms with E-state index >= 15 is 0 Å². The number of allylic oxidation sites excluding steroid dienone is 1. The van der Waals surface area contributed by atoms with E-state index in [4.69, 9.17) is 9.47 Å². The number of aromatic hydroxyl groups is 3. The van der Waals surface area contributed by atoms with Gasteiger partial charge in [0.2, 0.25) is 0 Å². The topological polar surface area (TPSA) is 116 Å². The number of phenols is 3. The van der Waals surface area contributed by atoms with Gasteiger partial charge in [-0.3, -0.25) is 0 Å². The van der Waals surface area contributed by atoms with Crippen LogP contribution >= 0.6 is 0 Å². The molecular formula is C44H64O7. The van der Waals surface area contributed by atoms with Gasteiger partial charge >= 0.3 is 5.97 Å². The third kappa shape index (κ3) is 7.39. The van der Waals surface area contributed by atoms with Crippen LogP contribution in [0.2, 0.25) is 0 Å². The molecule has 2 aliphatic carbocycles. The summed E-state index contributed by atoms with van der Waals surface area (Å²) < 4.78 is 12.9. The van der Waals surface area contributed by atoms with Crippen molar-refractivity contribution in [1.29, 1.82) is 0 Å². The molecule has 2 aromatic carbocycles. The van der Waals surface area contributed by atoms with Gasteiger partial charge in [0, 0.05) is 28.9 Å². The second-order valence-corrected chi connectivity index (χ2v) is 17.3. The van der Waals surface area contributed by atoms with E-state index in [1.54, 1.807) is 19.1 Å². The zero-order chi connectivity index (χ0) is 37.5. The summed E-state index contributed by atoms with van der Waals surface area (Å²) in [4.78, 5) is 14.5. The monoisotopic (exact) mass is 704 g/mol. The number of hydrogen-bond acceptors (Lipinski definition) is 7. The van der Waals surface area contributed by atoms with Crippen LogP contribution in [0.15, 0.2) is 30.4 Å². The highest BCUT2D eigenvalue weighted by atomic mass is 16.6. The highest BCUT2D eigenvalue weighted by Gasteiger charge is 2.57. The quantitative estimate of drug-likeness (QED) is 0.0987. The van der Waals surface area contributed by atoms with Crippen molar-refractivity contribution in [2.45, 2.75) is 168 Å². The van der Waals surface area contributed by atoms with Gasteiger partial charge in [-0.2, -0.15) is 0 Å². The molecule has 3 aliphatic rings. The fourth-order valence-corrected chi connectivity index (χ4v) is 9.56. The number of carbonyl (C=O) groups excluding carboxylic acids is 1. The number of aliphatic hydroxyl groups excluding tert-OH is 1. The molecule has 0 radical (unpaired) electrons. The third-order valence-corrected chi connectivity index (χ3v) is 13.1. The molecule has 1 heterocycles. The minimum absolute atomic E-state index is 0.000499. The maximum atomic E-state index is 14.5. The molecule has 0 aromatic heterocycles. The van der Waals surface area contributed by atoms with Crippen LogP contribution in [0.25, 0.3) is 0 Å². The maximum absolute atomic E-state index is 14.5. The predicted octanol–water partition coefficient (Wildman–Crippen LogP) is 10.4. The molecule has 7 heteroatoms. The third-order valence-electron chi connectivity index (χ3n) is 13.1. The van der Waals surface area contributed by atoms with Crippen molar-refractivity contribution in [2.24, 2.45) is 17.3 Å². The molecule has 51 heavy (non-hydrogen) atoms. The average molecular weight is 705 g/mol. The van der Waals surface area contributed by atoms with Gasteiger partial charge in [-0.05, 0) is 126 Å². The molecule has 4 N–H and O–H groups in total. The van der Waals surface area contributed by atoms with Crippen molar-refractivity contribution >= 4 is 5.97 Å². The average Bonchev–Trinajstić information content (AvgIpc) is 3.04. The van der Waals surface area contributed by atoms with E-state index in [0.29, 0.717) is 47.6 Å². The summed E-state index contributed by atoms with van der Waals surface area (Å²) in [6, 6.07) is 5.45. The first-order chi connectivity index (χ1) is 24.0. The molecule has 0 amide bonds. The summed E-state index contributed by atoms with van der Waals surface area (Å²) in [5.41, 5.74) is 1.24. The van der Waals surface area contributed by atoms with E-state index in [-0.39, 0.29) is 40.1 Å². The van der Waals surface area contributed by atoms with Crippen LogP contribution in [0.3, 0.4) is 0 Å². The Bertz CT molecular complexity index is 1610. The summed E-state index contributed by atoms with van der Waals surface area (Å²) >= 11 is 0. The van der Waals surface area contributed by atoms with E-state index in [1.807, 2.05) is 26.8 Å². The number of phenolic OH excluding ortho intramolecular Hbond substituents is 3. The van der Waals surface area contributed by atoms with Crippen LogP contribution in [0, 0.1) is 17.3 Å². The second kappa shape index (κ2) is 15.0. The number of unbranched alkanes of at least 4 members (excludes halogenated alkanes) is 4. The second-order valence-electron chi connectivity index (χ2n) is 17.3. The molecular weight excluding hydrogens is 640 g/mol. The number of esters is 1. The lowest BCUT2D eigenvalue weighted by molar-refractivity contribution is -0.148. The smallest absolute Gasteiger partial charge is 0.342 e. The minimum Gasteiger partial charge on any atom is -0.508 e. The Kier molecular flexibility index (Phi) is 11.5. The summed E-state index contributed by atoms with van der Waals surface area (Å²) in [6.07, 6.45) is 9.70. The molecule has 282 valence electrons. The SMILES string of the molecule is C=C(C)[C@]1(C)CCC(C)CC1c1c(O)cc(CCCCC)c(C(=O)OC2(C)CCC3C(c4c(O)cc(CCCCC)cc4OC3(C)C)C2O)c1O. The zero-order valence-corrected chi connectivity index (χ0v) is 32.5. The Hall–Kier alpha value is -3.19. The number of carbonyl (C=O) groups is 1. The van der Waals surface area contributed by atoms with E-state index in [0.717, 1.165) is 75.3 Å². The van der Waals surface area contributed by atoms with Crippen molar-refractivity contribution in [3.63, 3.8) is 0 Å². The van der Waals surface area contributed by atoms with E-state index in [9.17, 15) is 25.2 Å². The van der Waals surface area contributed by atoms with Crippen LogP contribution in [0.5, 0.6) is 23.0 Å². The standard InChI is InChI=1S/C44H64O7/c1-10-12-14-16-28-23-32(45)38-34(24-28)50-42(6,7)30-19-21-44(9,40(48)37(30)38)51-41(49)35-29(17-15-13-11-2)25-33(46)36(39(35)47)31-22-27(5)18-20-43(31,8)26(3)4/h23-25,27,30-31,37,40,45-48H,3,10-22H2,1-2,4-9H3/t27?,30?,31?,37?,40?,43-,44?/m0/s1. The predicted molar refractivity (Wildman–Crippen MR) is 203 cm³/mol. The Morgan fingerprint density at radius 1 is 0.922 bits per heavy atom. The van der Waals surface area contributed by atoms with Crippen molar-refractivity contribution in [3.8, 4) is 23.0 Å². The normalized spacial score (nSPS) is 29.8. The molecule has 6 unspecified atom stereocenters. The summed E-state index contributed by atoms with van der Waals surface area (Å²) in [6.45, 7) is 20.7. The first kappa shape index (κ1) is 39.0. The van der Waals surface area contributed by atoms with Gasteiger partial charge in [0.25, 0.3) is 0 Å². The summed E-state index contributed by atoms with van der Waals surface area (Å²) in [7, 11) is 0. The van der Waals surface area contributed by atoms with Crippen molar-refractivity contribution in [1.82, 2.24) is 0 Å². The molecule has 0 spiro atoms. The lowest BCUT2D eigenvalue weighted by Crippen LogP contribution is -2.58. The molecule has 2 saturated carbocycles. The Morgan fingerprint density at radius 3 is 2.22 bits per heavy atom. The minimum atomic E-state index is -1.31. The molecule has 7 nitrogen and oxygen atoms in total. The number of hydrogen-bond donors (Lipinski definition) is 4. The summed E-state index contributed by atoms with van der Waals surface area (Å²) in [5, 5.41) is 47.4. The molecule has 2 aromatic rings. The van der Waals surface area contributed by atoms with Gasteiger partial charge < -0.3 is 29.9 Å². The Morgan fingerprint density at radius 2 is 1.57 bits per heavy atom. The number of benzene rings is 2. The van der Waals surface area contributed by atoms with Crippen LogP contribution in [-0.4, -0.2) is 43.7 Å². The van der Waals surface area contributed by atoms with E-state index < -0.39 is 29.2 Å². The van der Waals surface area contributed by atoms with Crippen LogP contribution in [-0.2, 0) is 17.6 Å². The van der Waals surface area contributed by atoms with Crippen LogP contribution < -0.4 is 4.74 Å². The van der Waals surface area contributed by atoms with Crippen molar-refractivity contribution in [3.05, 3.63) is 58.2 Å². The molecule has 1 aliphatic heterocycles. The van der Waals surface area contributed by atoms with Crippen molar-refractivity contribution in [2.75, 3.05) is 0 Å². The highest BCUT2D eigenvalue weighted by Crippen LogP contribution is 2.59. The van der Waals surface area contributed by atoms with Crippen LogP contribution in [0.4, 0.5) is 0 Å². The first-order valence-electron chi connectivity index (χ1n) is 19.7. The maximum Gasteiger partial charge on any atom is 0.342 e. The Labute approximate surface area is 306 Å². The first-order valence-corrected chi connectivity index (χ1v) is 19.7. The van der Waals surface area contributed by atoms with Crippen LogP contribution in [0.1, 0.15) is 170 Å². The molecule has 2 fully saturated rings. The number of aryl methyl sites for hydroxylation is 2. The molecule has 7 atom stereocenters. The largest absolute Gasteiger partial charge is 0.508 e. The molecule has 0 bridgehead atoms. The number of rotatable bonds is 12. The van der Waals surface area contributed by atoms with E-state index in [1.165, 1.54) is 0 Å². The van der Waals surface area contributed by atoms with Gasteiger partial charge in [0.05, 0.1) is 0 Å². The highest BCUT2D eigenvalue weighted by molar-refractivity contribution is 5.95. The number of fused-ring (bicyclic) bond motifs is 3. The molecule has 5 rings (SSSR count). The van der Waals surface area contributed by atoms with Crippen molar-refractivity contribution < 1.29 is 34.7 Å². The Balaban J connectivity index is 1.54. The van der Waals surface area contributed by atoms with Gasteiger partial charge in [-0.25, -0.2) is 4.79 Å². The fraction of sp³-hybridized carbons (Fsp3) is 0.659. The fourth-order valence-electron chi connectivity index (χ4n) is 9.56. The number of aliphatic hydroxyl groups is 1. The lowest BCUT2D eigenvalue weighted by atomic mass is 9.59. The van der Waals surface area contributed by atoms with E-state index in [2.05, 4.69) is 34.3 Å². The van der Waals surface area contributed by atoms with Gasteiger partial charge in [0.15, 0.2) is 0 Å². The summed E-state index contributed by atoms with van der Waals surface area (Å²) in [5.74, 6) is -0.784.